The Balaban J connectivity index is 2.65. The molecular formula is C12H19ClN4O. The molecule has 1 amide bonds. The fraction of sp³-hybridized carbons (Fsp3) is 0.500. The number of rotatable bonds is 5. The summed E-state index contributed by atoms with van der Waals surface area (Å²) in [6, 6.07) is 1.50. The molecule has 0 aliphatic carbocycles. The molecule has 1 aromatic rings. The first-order valence-corrected chi connectivity index (χ1v) is 6.11. The van der Waals surface area contributed by atoms with Gasteiger partial charge in [-0.3, -0.25) is 4.79 Å². The highest BCUT2D eigenvalue weighted by atomic mass is 35.5. The van der Waals surface area contributed by atoms with Gasteiger partial charge in [0, 0.05) is 13.6 Å². The van der Waals surface area contributed by atoms with Crippen molar-refractivity contribution in [3.05, 3.63) is 23.0 Å². The highest BCUT2D eigenvalue weighted by Crippen LogP contribution is 2.16. The molecule has 0 saturated heterocycles. The van der Waals surface area contributed by atoms with Crippen molar-refractivity contribution in [1.82, 2.24) is 14.8 Å². The van der Waals surface area contributed by atoms with Crippen LogP contribution in [0.1, 0.15) is 16.8 Å². The lowest BCUT2D eigenvalue weighted by atomic mass is 10.2. The van der Waals surface area contributed by atoms with E-state index in [1.54, 1.807) is 11.9 Å². The molecule has 0 fully saturated rings. The molecule has 6 heteroatoms. The number of nitrogens with zero attached hydrogens (tertiary/aromatic N) is 3. The van der Waals surface area contributed by atoms with E-state index in [0.29, 0.717) is 17.8 Å². The summed E-state index contributed by atoms with van der Waals surface area (Å²) in [7, 11) is 5.76. The van der Waals surface area contributed by atoms with Crippen molar-refractivity contribution in [3.8, 4) is 0 Å². The summed E-state index contributed by atoms with van der Waals surface area (Å²) in [6.07, 6.45) is 2.32. The number of nitrogens with two attached hydrogens (primary N) is 1. The third-order valence-electron chi connectivity index (χ3n) is 2.58. The second-order valence-corrected chi connectivity index (χ2v) is 4.87. The van der Waals surface area contributed by atoms with Gasteiger partial charge < -0.3 is 15.5 Å². The second-order valence-electron chi connectivity index (χ2n) is 4.48. The molecule has 0 atom stereocenters. The zero-order chi connectivity index (χ0) is 13.7. The van der Waals surface area contributed by atoms with Gasteiger partial charge in [-0.15, -0.1) is 0 Å². The van der Waals surface area contributed by atoms with Gasteiger partial charge in [0.15, 0.2) is 0 Å². The highest BCUT2D eigenvalue weighted by Gasteiger charge is 2.15. The van der Waals surface area contributed by atoms with E-state index in [0.717, 1.165) is 13.0 Å². The van der Waals surface area contributed by atoms with Gasteiger partial charge in [-0.2, -0.15) is 0 Å². The van der Waals surface area contributed by atoms with Gasteiger partial charge in [0.2, 0.25) is 0 Å². The first-order valence-electron chi connectivity index (χ1n) is 5.73. The Bertz CT molecular complexity index is 423. The van der Waals surface area contributed by atoms with Crippen molar-refractivity contribution in [2.45, 2.75) is 6.42 Å². The average molecular weight is 271 g/mol. The zero-order valence-corrected chi connectivity index (χ0v) is 11.7. The number of halogens is 1. The van der Waals surface area contributed by atoms with Crippen LogP contribution < -0.4 is 5.73 Å². The summed E-state index contributed by atoms with van der Waals surface area (Å²) in [5, 5.41) is 0.272. The van der Waals surface area contributed by atoms with Gasteiger partial charge in [-0.25, -0.2) is 4.98 Å². The number of pyridine rings is 1. The van der Waals surface area contributed by atoms with Gasteiger partial charge >= 0.3 is 0 Å². The minimum Gasteiger partial charge on any atom is -0.397 e. The van der Waals surface area contributed by atoms with Gasteiger partial charge in [-0.1, -0.05) is 11.6 Å². The van der Waals surface area contributed by atoms with E-state index in [2.05, 4.69) is 9.88 Å². The lowest BCUT2D eigenvalue weighted by Crippen LogP contribution is -2.30. The number of anilines is 1. The van der Waals surface area contributed by atoms with Gasteiger partial charge in [0.25, 0.3) is 5.91 Å². The molecule has 0 saturated carbocycles. The largest absolute Gasteiger partial charge is 0.397 e. The summed E-state index contributed by atoms with van der Waals surface area (Å²) < 4.78 is 0. The molecule has 0 unspecified atom stereocenters. The smallest absolute Gasteiger partial charge is 0.255 e. The van der Waals surface area contributed by atoms with Crippen molar-refractivity contribution >= 4 is 23.2 Å². The number of aromatic nitrogens is 1. The van der Waals surface area contributed by atoms with E-state index in [-0.39, 0.29) is 11.1 Å². The topological polar surface area (TPSA) is 62.5 Å². The van der Waals surface area contributed by atoms with Crippen LogP contribution in [0.3, 0.4) is 0 Å². The predicted octanol–water partition coefficient (Wildman–Crippen LogP) is 1.34. The summed E-state index contributed by atoms with van der Waals surface area (Å²) in [5.74, 6) is -0.129. The molecule has 100 valence electrons. The fourth-order valence-electron chi connectivity index (χ4n) is 1.56. The first-order chi connectivity index (χ1) is 8.41. The highest BCUT2D eigenvalue weighted by molar-refractivity contribution is 6.29. The van der Waals surface area contributed by atoms with E-state index >= 15 is 0 Å². The third kappa shape index (κ3) is 4.16. The molecule has 1 aromatic heterocycles. The molecule has 0 aliphatic heterocycles. The Morgan fingerprint density at radius 2 is 2.06 bits per heavy atom. The SMILES string of the molecule is CN(C)CCCN(C)C(=O)c1cc(Cl)ncc1N. The number of hydrogen-bond acceptors (Lipinski definition) is 4. The van der Waals surface area contributed by atoms with Crippen molar-refractivity contribution in [2.75, 3.05) is 40.0 Å². The Morgan fingerprint density at radius 1 is 1.39 bits per heavy atom. The van der Waals surface area contributed by atoms with Crippen LogP contribution in [-0.2, 0) is 0 Å². The number of carbonyl (C=O) groups excluding carboxylic acids is 1. The maximum absolute atomic E-state index is 12.1. The monoisotopic (exact) mass is 270 g/mol. The number of hydrogen-bond donors (Lipinski definition) is 1. The van der Waals surface area contributed by atoms with Crippen LogP contribution >= 0.6 is 11.6 Å². The molecule has 0 aromatic carbocycles. The average Bonchev–Trinajstić information content (AvgIpc) is 2.30. The van der Waals surface area contributed by atoms with Crippen LogP contribution in [0.2, 0.25) is 5.15 Å². The van der Waals surface area contributed by atoms with E-state index in [4.69, 9.17) is 17.3 Å². The maximum atomic E-state index is 12.1. The number of carbonyl (C=O) groups is 1. The van der Waals surface area contributed by atoms with Gasteiger partial charge in [0.05, 0.1) is 17.4 Å². The lowest BCUT2D eigenvalue weighted by molar-refractivity contribution is 0.0791. The van der Waals surface area contributed by atoms with Crippen molar-refractivity contribution in [2.24, 2.45) is 0 Å². The molecular weight excluding hydrogens is 252 g/mol. The van der Waals surface area contributed by atoms with E-state index in [1.807, 2.05) is 14.1 Å². The summed E-state index contributed by atoms with van der Waals surface area (Å²) in [5.41, 5.74) is 6.48. The second kappa shape index (κ2) is 6.56. The maximum Gasteiger partial charge on any atom is 0.255 e. The fourth-order valence-corrected chi connectivity index (χ4v) is 1.71. The van der Waals surface area contributed by atoms with E-state index in [1.165, 1.54) is 12.3 Å². The van der Waals surface area contributed by atoms with Crippen LogP contribution in [-0.4, -0.2) is 54.9 Å². The van der Waals surface area contributed by atoms with Crippen LogP contribution in [0.25, 0.3) is 0 Å². The minimum absolute atomic E-state index is 0.129. The summed E-state index contributed by atoms with van der Waals surface area (Å²) in [6.45, 7) is 1.61. The summed E-state index contributed by atoms with van der Waals surface area (Å²) >= 11 is 5.77. The zero-order valence-electron chi connectivity index (χ0n) is 11.0. The number of nitrogen functional groups attached to an aromatic ring is 1. The lowest BCUT2D eigenvalue weighted by Gasteiger charge is -2.19. The predicted molar refractivity (Wildman–Crippen MR) is 73.8 cm³/mol. The van der Waals surface area contributed by atoms with Crippen molar-refractivity contribution in [3.63, 3.8) is 0 Å². The number of amides is 1. The van der Waals surface area contributed by atoms with Crippen LogP contribution in [0.15, 0.2) is 12.3 Å². The Morgan fingerprint density at radius 3 is 2.67 bits per heavy atom. The standard InChI is InChI=1S/C12H19ClN4O/c1-16(2)5-4-6-17(3)12(18)9-7-11(13)15-8-10(9)14/h7-8H,4-6,14H2,1-3H3. The van der Waals surface area contributed by atoms with E-state index < -0.39 is 0 Å². The van der Waals surface area contributed by atoms with Crippen molar-refractivity contribution < 1.29 is 4.79 Å². The van der Waals surface area contributed by atoms with E-state index in [9.17, 15) is 4.79 Å². The molecule has 0 bridgehead atoms. The molecule has 0 aliphatic rings. The van der Waals surface area contributed by atoms with Crippen molar-refractivity contribution in [1.29, 1.82) is 0 Å². The van der Waals surface area contributed by atoms with Crippen LogP contribution in [0.5, 0.6) is 0 Å². The Kier molecular flexibility index (Phi) is 5.37. The first kappa shape index (κ1) is 14.7. The van der Waals surface area contributed by atoms with Crippen LogP contribution in [0, 0.1) is 0 Å². The molecule has 5 nitrogen and oxygen atoms in total. The molecule has 1 rings (SSSR count). The third-order valence-corrected chi connectivity index (χ3v) is 2.78. The molecule has 0 spiro atoms. The normalized spacial score (nSPS) is 10.7. The quantitative estimate of drug-likeness (QED) is 0.821. The Hall–Kier alpha value is -1.33. The Labute approximate surface area is 113 Å². The molecule has 1 heterocycles. The summed E-state index contributed by atoms with van der Waals surface area (Å²) in [4.78, 5) is 19.7. The van der Waals surface area contributed by atoms with Gasteiger partial charge in [-0.05, 0) is 33.1 Å². The molecule has 18 heavy (non-hydrogen) atoms. The van der Waals surface area contributed by atoms with Crippen LogP contribution in [0.4, 0.5) is 5.69 Å². The van der Waals surface area contributed by atoms with Gasteiger partial charge in [0.1, 0.15) is 5.15 Å². The molecule has 0 radical (unpaired) electrons. The minimum atomic E-state index is -0.129. The molecule has 2 N–H and O–H groups in total.